The third kappa shape index (κ3) is 3.46. The SMILES string of the molecule is Cc1cc(C(=O)N2CCN(S(=O)(=O)c3cccc4nsnc34)CC2)c2ccccc2n1. The van der Waals surface area contributed by atoms with Gasteiger partial charge in [-0.25, -0.2) is 8.42 Å². The molecule has 10 heteroatoms. The van der Waals surface area contributed by atoms with Crippen LogP contribution in [0.3, 0.4) is 0 Å². The van der Waals surface area contributed by atoms with Crippen LogP contribution in [0.25, 0.3) is 21.9 Å². The van der Waals surface area contributed by atoms with E-state index in [-0.39, 0.29) is 23.9 Å². The first-order valence-electron chi connectivity index (χ1n) is 9.82. The number of piperazine rings is 1. The Morgan fingerprint density at radius 2 is 1.71 bits per heavy atom. The number of carbonyl (C=O) groups excluding carboxylic acids is 1. The van der Waals surface area contributed by atoms with Gasteiger partial charge in [-0.05, 0) is 31.2 Å². The van der Waals surface area contributed by atoms with Crippen molar-refractivity contribution in [2.24, 2.45) is 0 Å². The predicted molar refractivity (Wildman–Crippen MR) is 119 cm³/mol. The van der Waals surface area contributed by atoms with Crippen LogP contribution in [0.1, 0.15) is 16.1 Å². The second-order valence-corrected chi connectivity index (χ2v) is 9.85. The fraction of sp³-hybridized carbons (Fsp3) is 0.238. The summed E-state index contributed by atoms with van der Waals surface area (Å²) in [6.07, 6.45) is 0. The summed E-state index contributed by atoms with van der Waals surface area (Å²) in [4.78, 5) is 19.6. The lowest BCUT2D eigenvalue weighted by atomic mass is 10.1. The molecule has 3 heterocycles. The van der Waals surface area contributed by atoms with Gasteiger partial charge in [-0.3, -0.25) is 9.78 Å². The molecule has 158 valence electrons. The molecule has 0 spiro atoms. The van der Waals surface area contributed by atoms with Gasteiger partial charge in [0.05, 0.1) is 22.8 Å². The summed E-state index contributed by atoms with van der Waals surface area (Å²) in [5.41, 5.74) is 3.10. The van der Waals surface area contributed by atoms with Crippen molar-refractivity contribution in [3.8, 4) is 0 Å². The molecule has 4 aromatic rings. The van der Waals surface area contributed by atoms with Crippen molar-refractivity contribution in [1.29, 1.82) is 0 Å². The molecule has 1 aliphatic heterocycles. The highest BCUT2D eigenvalue weighted by atomic mass is 32.2. The number of pyridine rings is 1. The number of aromatic nitrogens is 3. The fourth-order valence-electron chi connectivity index (χ4n) is 3.92. The average molecular weight is 454 g/mol. The summed E-state index contributed by atoms with van der Waals surface area (Å²) in [6.45, 7) is 2.95. The molecule has 2 aromatic heterocycles. The maximum absolute atomic E-state index is 13.2. The van der Waals surface area contributed by atoms with E-state index in [1.165, 1.54) is 4.31 Å². The lowest BCUT2D eigenvalue weighted by molar-refractivity contribution is 0.0699. The van der Waals surface area contributed by atoms with E-state index in [1.807, 2.05) is 31.2 Å². The summed E-state index contributed by atoms with van der Waals surface area (Å²) >= 11 is 0.993. The highest BCUT2D eigenvalue weighted by Crippen LogP contribution is 2.26. The number of amides is 1. The second-order valence-electron chi connectivity index (χ2n) is 7.41. The molecule has 2 aromatic carbocycles. The average Bonchev–Trinajstić information content (AvgIpc) is 3.27. The van der Waals surface area contributed by atoms with Gasteiger partial charge in [0.2, 0.25) is 10.0 Å². The highest BCUT2D eigenvalue weighted by molar-refractivity contribution is 7.89. The largest absolute Gasteiger partial charge is 0.336 e. The van der Waals surface area contributed by atoms with Crippen molar-refractivity contribution in [2.75, 3.05) is 26.2 Å². The van der Waals surface area contributed by atoms with Gasteiger partial charge in [-0.1, -0.05) is 24.3 Å². The smallest absolute Gasteiger partial charge is 0.254 e. The first kappa shape index (κ1) is 20.0. The summed E-state index contributed by atoms with van der Waals surface area (Å²) in [5, 5.41) is 0.802. The molecule has 0 atom stereocenters. The Morgan fingerprint density at radius 3 is 2.52 bits per heavy atom. The molecule has 31 heavy (non-hydrogen) atoms. The minimum atomic E-state index is -3.72. The fourth-order valence-corrected chi connectivity index (χ4v) is 6.09. The molecule has 1 saturated heterocycles. The number of aryl methyl sites for hydroxylation is 1. The van der Waals surface area contributed by atoms with E-state index < -0.39 is 10.0 Å². The first-order chi connectivity index (χ1) is 14.9. The summed E-state index contributed by atoms with van der Waals surface area (Å²) in [5.74, 6) is -0.107. The molecular weight excluding hydrogens is 434 g/mol. The van der Waals surface area contributed by atoms with Gasteiger partial charge < -0.3 is 4.90 Å². The Morgan fingerprint density at radius 1 is 0.968 bits per heavy atom. The van der Waals surface area contributed by atoms with Crippen LogP contribution in [0.2, 0.25) is 0 Å². The van der Waals surface area contributed by atoms with Crippen LogP contribution < -0.4 is 0 Å². The molecule has 0 bridgehead atoms. The van der Waals surface area contributed by atoms with Crippen molar-refractivity contribution in [2.45, 2.75) is 11.8 Å². The molecular formula is C21H19N5O3S2. The number of sulfonamides is 1. The lowest BCUT2D eigenvalue weighted by Gasteiger charge is -2.34. The quantitative estimate of drug-likeness (QED) is 0.473. The number of hydrogen-bond acceptors (Lipinski definition) is 7. The Hall–Kier alpha value is -2.95. The topological polar surface area (TPSA) is 96.4 Å². The standard InChI is InChI=1S/C21H19N5O3S2/c1-14-13-16(15-5-2-3-6-17(15)22-14)21(27)25-9-11-26(12-10-25)31(28,29)19-8-4-7-18-20(19)24-30-23-18/h2-8,13H,9-12H2,1H3. The third-order valence-corrected chi connectivity index (χ3v) is 7.94. The van der Waals surface area contributed by atoms with Crippen molar-refractivity contribution in [1.82, 2.24) is 22.9 Å². The number of hydrogen-bond donors (Lipinski definition) is 0. The number of benzene rings is 2. The van der Waals surface area contributed by atoms with Crippen molar-refractivity contribution in [3.63, 3.8) is 0 Å². The molecule has 0 radical (unpaired) electrons. The number of para-hydroxylation sites is 1. The van der Waals surface area contributed by atoms with Gasteiger partial charge in [0.1, 0.15) is 15.9 Å². The molecule has 1 amide bonds. The Bertz CT molecular complexity index is 1410. The van der Waals surface area contributed by atoms with E-state index in [9.17, 15) is 13.2 Å². The minimum absolute atomic E-state index is 0.107. The van der Waals surface area contributed by atoms with Crippen molar-refractivity contribution >= 4 is 49.6 Å². The van der Waals surface area contributed by atoms with Gasteiger partial charge in [0.25, 0.3) is 5.91 Å². The van der Waals surface area contributed by atoms with Crippen LogP contribution in [-0.2, 0) is 10.0 Å². The molecule has 5 rings (SSSR count). The number of rotatable bonds is 3. The normalized spacial score (nSPS) is 15.6. The predicted octanol–water partition coefficient (Wildman–Crippen LogP) is 2.69. The summed E-state index contributed by atoms with van der Waals surface area (Å²) < 4.78 is 36.1. The van der Waals surface area contributed by atoms with Crippen LogP contribution in [-0.4, -0.2) is 63.4 Å². The zero-order chi connectivity index (χ0) is 21.6. The molecule has 1 aliphatic rings. The van der Waals surface area contributed by atoms with Crippen LogP contribution in [0, 0.1) is 6.92 Å². The van der Waals surface area contributed by atoms with Crippen LogP contribution in [0.4, 0.5) is 0 Å². The number of nitrogens with zero attached hydrogens (tertiary/aromatic N) is 5. The van der Waals surface area contributed by atoms with Gasteiger partial charge in [-0.2, -0.15) is 13.1 Å². The zero-order valence-corrected chi connectivity index (χ0v) is 18.4. The summed E-state index contributed by atoms with van der Waals surface area (Å²) in [7, 11) is -3.72. The molecule has 0 saturated carbocycles. The maximum atomic E-state index is 13.2. The Balaban J connectivity index is 1.38. The van der Waals surface area contributed by atoms with Gasteiger partial charge in [0, 0.05) is 37.3 Å². The van der Waals surface area contributed by atoms with E-state index in [1.54, 1.807) is 29.2 Å². The summed E-state index contributed by atoms with van der Waals surface area (Å²) in [6, 6.07) is 14.3. The van der Waals surface area contributed by atoms with E-state index in [2.05, 4.69) is 13.7 Å². The second kappa shape index (κ2) is 7.63. The van der Waals surface area contributed by atoms with Crippen LogP contribution in [0.5, 0.6) is 0 Å². The van der Waals surface area contributed by atoms with E-state index in [4.69, 9.17) is 0 Å². The van der Waals surface area contributed by atoms with Crippen LogP contribution >= 0.6 is 11.7 Å². The molecule has 8 nitrogen and oxygen atoms in total. The zero-order valence-electron chi connectivity index (χ0n) is 16.7. The number of carbonyl (C=O) groups is 1. The lowest BCUT2D eigenvalue weighted by Crippen LogP contribution is -2.50. The van der Waals surface area contributed by atoms with Gasteiger partial charge in [0.15, 0.2) is 0 Å². The van der Waals surface area contributed by atoms with Gasteiger partial charge in [-0.15, -0.1) is 0 Å². The molecule has 0 N–H and O–H groups in total. The van der Waals surface area contributed by atoms with Crippen molar-refractivity contribution < 1.29 is 13.2 Å². The molecule has 1 fully saturated rings. The van der Waals surface area contributed by atoms with Crippen LogP contribution in [0.15, 0.2) is 53.4 Å². The first-order valence-corrected chi connectivity index (χ1v) is 12.0. The Kier molecular flexibility index (Phi) is 4.92. The maximum Gasteiger partial charge on any atom is 0.254 e. The minimum Gasteiger partial charge on any atom is -0.336 e. The van der Waals surface area contributed by atoms with Gasteiger partial charge >= 0.3 is 0 Å². The van der Waals surface area contributed by atoms with E-state index >= 15 is 0 Å². The monoisotopic (exact) mass is 453 g/mol. The van der Waals surface area contributed by atoms with E-state index in [0.29, 0.717) is 29.7 Å². The third-order valence-electron chi connectivity index (χ3n) is 5.47. The molecule has 0 unspecified atom stereocenters. The van der Waals surface area contributed by atoms with Crippen molar-refractivity contribution in [3.05, 3.63) is 59.8 Å². The molecule has 0 aliphatic carbocycles. The Labute approximate surface area is 183 Å². The van der Waals surface area contributed by atoms with E-state index in [0.717, 1.165) is 28.3 Å². The highest BCUT2D eigenvalue weighted by Gasteiger charge is 2.32. The number of fused-ring (bicyclic) bond motifs is 2.